The quantitative estimate of drug-likeness (QED) is 0.778. The van der Waals surface area contributed by atoms with Crippen molar-refractivity contribution in [2.24, 2.45) is 11.3 Å². The Hall–Kier alpha value is -2.80. The zero-order chi connectivity index (χ0) is 22.8. The molecule has 168 valence electrons. The Morgan fingerprint density at radius 2 is 2.00 bits per heavy atom. The number of methoxy groups -OCH3 is 1. The number of amides is 2. The molecule has 0 aromatic heterocycles. The van der Waals surface area contributed by atoms with Gasteiger partial charge in [-0.05, 0) is 31.0 Å². The molecule has 2 aliphatic rings. The monoisotopic (exact) mass is 438 g/mol. The lowest BCUT2D eigenvalue weighted by Gasteiger charge is -2.43. The Bertz CT molecular complexity index is 889. The van der Waals surface area contributed by atoms with Crippen LogP contribution in [0, 0.1) is 22.7 Å². The number of carbonyl (C=O) groups excluding carboxylic acids is 2. The van der Waals surface area contributed by atoms with E-state index in [4.69, 9.17) is 10.00 Å². The SMILES string of the molecule is CNC(=O)C1CN(C(=O)COC)CC12CCN(c1ccc(C#N)c(C(F)(F)F)c1)CC2. The van der Waals surface area contributed by atoms with E-state index in [1.807, 2.05) is 4.90 Å². The number of carbonyl (C=O) groups is 2. The fraction of sp³-hybridized carbons (Fsp3) is 0.571. The predicted octanol–water partition coefficient (Wildman–Crippen LogP) is 2.01. The summed E-state index contributed by atoms with van der Waals surface area (Å²) in [6.07, 6.45) is -3.50. The standard InChI is InChI=1S/C21H25F3N4O3/c1-26-19(30)17-11-28(18(29)12-31-2)13-20(17)5-7-27(8-6-20)15-4-3-14(10-25)16(9-15)21(22,23)24/h3-4,9,17H,5-8,11-13H2,1-2H3,(H,26,30). The van der Waals surface area contributed by atoms with E-state index in [1.165, 1.54) is 19.2 Å². The third-order valence-corrected chi connectivity index (χ3v) is 6.38. The van der Waals surface area contributed by atoms with Crippen molar-refractivity contribution in [2.75, 3.05) is 51.8 Å². The second kappa shape index (κ2) is 8.75. The number of hydrogen-bond donors (Lipinski definition) is 1. The van der Waals surface area contributed by atoms with E-state index in [2.05, 4.69) is 5.32 Å². The first-order chi connectivity index (χ1) is 14.6. The van der Waals surface area contributed by atoms with Gasteiger partial charge in [-0.1, -0.05) is 0 Å². The summed E-state index contributed by atoms with van der Waals surface area (Å²) in [4.78, 5) is 28.3. The van der Waals surface area contributed by atoms with Gasteiger partial charge in [0.05, 0.1) is 23.1 Å². The summed E-state index contributed by atoms with van der Waals surface area (Å²) >= 11 is 0. The van der Waals surface area contributed by atoms with Gasteiger partial charge in [-0.15, -0.1) is 0 Å². The van der Waals surface area contributed by atoms with Gasteiger partial charge < -0.3 is 19.9 Å². The van der Waals surface area contributed by atoms with Gasteiger partial charge in [-0.3, -0.25) is 9.59 Å². The summed E-state index contributed by atoms with van der Waals surface area (Å²) in [5.74, 6) is -0.705. The van der Waals surface area contributed by atoms with Crippen molar-refractivity contribution in [3.8, 4) is 6.07 Å². The third kappa shape index (κ3) is 4.46. The fourth-order valence-corrected chi connectivity index (χ4v) is 4.69. The summed E-state index contributed by atoms with van der Waals surface area (Å²) in [5.41, 5.74) is -1.40. The number of piperidine rings is 1. The molecule has 0 radical (unpaired) electrons. The van der Waals surface area contributed by atoms with Crippen molar-refractivity contribution in [1.82, 2.24) is 10.2 Å². The normalized spacial score (nSPS) is 20.6. The molecule has 7 nitrogen and oxygen atoms in total. The maximum Gasteiger partial charge on any atom is 0.417 e. The van der Waals surface area contributed by atoms with Gasteiger partial charge in [0.25, 0.3) is 0 Å². The maximum atomic E-state index is 13.3. The van der Waals surface area contributed by atoms with Gasteiger partial charge in [-0.2, -0.15) is 18.4 Å². The van der Waals surface area contributed by atoms with Crippen LogP contribution in [-0.4, -0.2) is 63.7 Å². The van der Waals surface area contributed by atoms with Crippen molar-refractivity contribution < 1.29 is 27.5 Å². The number of ether oxygens (including phenoxy) is 1. The minimum Gasteiger partial charge on any atom is -0.375 e. The van der Waals surface area contributed by atoms with Crippen LogP contribution in [0.2, 0.25) is 0 Å². The van der Waals surface area contributed by atoms with Crippen LogP contribution in [0.1, 0.15) is 24.0 Å². The molecule has 0 saturated carbocycles. The van der Waals surface area contributed by atoms with E-state index < -0.39 is 22.7 Å². The second-order valence-corrected chi connectivity index (χ2v) is 8.06. The zero-order valence-corrected chi connectivity index (χ0v) is 17.5. The first-order valence-electron chi connectivity index (χ1n) is 10.00. The Morgan fingerprint density at radius 1 is 1.32 bits per heavy atom. The molecule has 2 saturated heterocycles. The molecule has 1 N–H and O–H groups in total. The summed E-state index contributed by atoms with van der Waals surface area (Å²) in [7, 11) is 2.99. The van der Waals surface area contributed by atoms with Crippen LogP contribution in [0.25, 0.3) is 0 Å². The molecule has 1 aromatic rings. The maximum absolute atomic E-state index is 13.3. The van der Waals surface area contributed by atoms with Crippen LogP contribution in [0.5, 0.6) is 0 Å². The highest BCUT2D eigenvalue weighted by Gasteiger charge is 2.52. The highest BCUT2D eigenvalue weighted by Crippen LogP contribution is 2.46. The molecule has 2 aliphatic heterocycles. The van der Waals surface area contributed by atoms with E-state index in [1.54, 1.807) is 18.0 Å². The summed E-state index contributed by atoms with van der Waals surface area (Å²) in [6.45, 7) is 1.55. The van der Waals surface area contributed by atoms with Crippen molar-refractivity contribution >= 4 is 17.5 Å². The van der Waals surface area contributed by atoms with Gasteiger partial charge >= 0.3 is 6.18 Å². The highest BCUT2D eigenvalue weighted by molar-refractivity contribution is 5.83. The van der Waals surface area contributed by atoms with Crippen molar-refractivity contribution in [3.63, 3.8) is 0 Å². The van der Waals surface area contributed by atoms with Crippen LogP contribution < -0.4 is 10.2 Å². The van der Waals surface area contributed by atoms with Crippen molar-refractivity contribution in [3.05, 3.63) is 29.3 Å². The molecule has 2 heterocycles. The molecular weight excluding hydrogens is 413 g/mol. The molecule has 0 bridgehead atoms. The number of anilines is 1. The van der Waals surface area contributed by atoms with E-state index in [9.17, 15) is 22.8 Å². The Balaban J connectivity index is 1.80. The summed E-state index contributed by atoms with van der Waals surface area (Å²) in [5, 5.41) is 11.7. The number of halogens is 3. The first-order valence-corrected chi connectivity index (χ1v) is 10.00. The zero-order valence-electron chi connectivity index (χ0n) is 17.5. The number of alkyl halides is 3. The lowest BCUT2D eigenvalue weighted by atomic mass is 9.70. The van der Waals surface area contributed by atoms with E-state index in [0.717, 1.165) is 6.07 Å². The molecule has 2 fully saturated rings. The van der Waals surface area contributed by atoms with Gasteiger partial charge in [0.15, 0.2) is 0 Å². The van der Waals surface area contributed by atoms with Gasteiger partial charge in [0.1, 0.15) is 6.61 Å². The van der Waals surface area contributed by atoms with Crippen LogP contribution in [0.15, 0.2) is 18.2 Å². The number of nitriles is 1. The van der Waals surface area contributed by atoms with Crippen LogP contribution in [0.3, 0.4) is 0 Å². The molecule has 2 amide bonds. The molecule has 0 aliphatic carbocycles. The molecule has 1 spiro atoms. The smallest absolute Gasteiger partial charge is 0.375 e. The minimum absolute atomic E-state index is 0.0614. The van der Waals surface area contributed by atoms with E-state index in [-0.39, 0.29) is 24.3 Å². The molecular formula is C21H25F3N4O3. The molecule has 1 aromatic carbocycles. The van der Waals surface area contributed by atoms with Crippen LogP contribution in [-0.2, 0) is 20.5 Å². The lowest BCUT2D eigenvalue weighted by Crippen LogP contribution is -2.48. The molecule has 3 rings (SSSR count). The molecule has 1 unspecified atom stereocenters. The number of nitrogens with one attached hydrogen (secondary N) is 1. The Labute approximate surface area is 178 Å². The lowest BCUT2D eigenvalue weighted by molar-refractivity contribution is -0.138. The number of likely N-dealkylation sites (tertiary alicyclic amines) is 1. The third-order valence-electron chi connectivity index (χ3n) is 6.38. The number of hydrogen-bond acceptors (Lipinski definition) is 5. The highest BCUT2D eigenvalue weighted by atomic mass is 19.4. The van der Waals surface area contributed by atoms with E-state index >= 15 is 0 Å². The summed E-state index contributed by atoms with van der Waals surface area (Å²) in [6, 6.07) is 5.31. The van der Waals surface area contributed by atoms with Gasteiger partial charge in [0, 0.05) is 51.4 Å². The number of rotatable bonds is 4. The Kier molecular flexibility index (Phi) is 6.46. The average molecular weight is 438 g/mol. The molecule has 31 heavy (non-hydrogen) atoms. The number of benzene rings is 1. The minimum atomic E-state index is -4.62. The van der Waals surface area contributed by atoms with Crippen LogP contribution >= 0.6 is 0 Å². The average Bonchev–Trinajstić information content (AvgIpc) is 3.12. The number of nitrogens with zero attached hydrogens (tertiary/aromatic N) is 3. The largest absolute Gasteiger partial charge is 0.417 e. The predicted molar refractivity (Wildman–Crippen MR) is 106 cm³/mol. The Morgan fingerprint density at radius 3 is 2.55 bits per heavy atom. The fourth-order valence-electron chi connectivity index (χ4n) is 4.69. The van der Waals surface area contributed by atoms with Crippen molar-refractivity contribution in [2.45, 2.75) is 19.0 Å². The summed E-state index contributed by atoms with van der Waals surface area (Å²) < 4.78 is 44.9. The van der Waals surface area contributed by atoms with Crippen molar-refractivity contribution in [1.29, 1.82) is 5.26 Å². The van der Waals surface area contributed by atoms with Gasteiger partial charge in [0.2, 0.25) is 11.8 Å². The van der Waals surface area contributed by atoms with Crippen LogP contribution in [0.4, 0.5) is 18.9 Å². The topological polar surface area (TPSA) is 85.7 Å². The van der Waals surface area contributed by atoms with E-state index in [0.29, 0.717) is 44.7 Å². The second-order valence-electron chi connectivity index (χ2n) is 8.06. The van der Waals surface area contributed by atoms with Gasteiger partial charge in [-0.25, -0.2) is 0 Å². The molecule has 10 heteroatoms. The first kappa shape index (κ1) is 22.9. The molecule has 1 atom stereocenters.